The summed E-state index contributed by atoms with van der Waals surface area (Å²) in [6.45, 7) is 6.77. The molecule has 0 aliphatic carbocycles. The first-order chi connectivity index (χ1) is 14.3. The van der Waals surface area contributed by atoms with Gasteiger partial charge < -0.3 is 9.29 Å². The molecule has 1 unspecified atom stereocenters. The van der Waals surface area contributed by atoms with Crippen molar-refractivity contribution in [1.82, 2.24) is 9.97 Å². The Morgan fingerprint density at radius 2 is 1.94 bits per heavy atom. The minimum atomic E-state index is -4.65. The summed E-state index contributed by atoms with van der Waals surface area (Å²) in [6.07, 6.45) is -0.961. The Bertz CT molecular complexity index is 982. The minimum absolute atomic E-state index is 0.0251. The van der Waals surface area contributed by atoms with Gasteiger partial charge in [0.05, 0.1) is 23.4 Å². The molecule has 31 heavy (non-hydrogen) atoms. The molecule has 0 saturated carbocycles. The van der Waals surface area contributed by atoms with Gasteiger partial charge in [0.2, 0.25) is 0 Å². The van der Waals surface area contributed by atoms with Crippen LogP contribution in [0.25, 0.3) is 0 Å². The van der Waals surface area contributed by atoms with E-state index in [0.29, 0.717) is 0 Å². The lowest BCUT2D eigenvalue weighted by atomic mass is 10.1. The summed E-state index contributed by atoms with van der Waals surface area (Å²) in [4.78, 5) is 20.3. The van der Waals surface area contributed by atoms with Gasteiger partial charge in [-0.15, -0.1) is 0 Å². The number of carbonyl (C=O) groups is 1. The second-order valence-corrected chi connectivity index (χ2v) is 10.3. The molecule has 0 aliphatic heterocycles. The van der Waals surface area contributed by atoms with Gasteiger partial charge in [0, 0.05) is 22.9 Å². The molecule has 0 fully saturated rings. The second-order valence-electron chi connectivity index (χ2n) is 7.00. The van der Waals surface area contributed by atoms with Crippen LogP contribution in [-0.4, -0.2) is 38.1 Å². The first kappa shape index (κ1) is 25.4. The van der Waals surface area contributed by atoms with Crippen LogP contribution in [0.4, 0.5) is 13.2 Å². The maximum Gasteiger partial charge on any atom is 0.416 e. The van der Waals surface area contributed by atoms with Gasteiger partial charge in [0.25, 0.3) is 0 Å². The predicted molar refractivity (Wildman–Crippen MR) is 114 cm³/mol. The van der Waals surface area contributed by atoms with E-state index in [2.05, 4.69) is 14.4 Å². The van der Waals surface area contributed by atoms with E-state index in [1.54, 1.807) is 27.7 Å². The number of alkyl halides is 3. The zero-order valence-electron chi connectivity index (χ0n) is 17.0. The molecule has 2 aromatic rings. The van der Waals surface area contributed by atoms with Gasteiger partial charge in [-0.05, 0) is 39.8 Å². The average molecular weight is 494 g/mol. The van der Waals surface area contributed by atoms with Gasteiger partial charge in [-0.3, -0.25) is 0 Å². The van der Waals surface area contributed by atoms with E-state index in [9.17, 15) is 22.5 Å². The lowest BCUT2D eigenvalue weighted by Gasteiger charge is -2.18. The summed E-state index contributed by atoms with van der Waals surface area (Å²) in [5.41, 5.74) is -1.12. The van der Waals surface area contributed by atoms with Crippen molar-refractivity contribution in [3.8, 4) is 0 Å². The number of benzene rings is 1. The number of rotatable bonds is 6. The summed E-state index contributed by atoms with van der Waals surface area (Å²) in [5, 5.41) is -0.141. The predicted octanol–water partition coefficient (Wildman–Crippen LogP) is 5.36. The lowest BCUT2D eigenvalue weighted by molar-refractivity contribution is -0.137. The van der Waals surface area contributed by atoms with Crippen LogP contribution >= 0.6 is 23.4 Å². The highest BCUT2D eigenvalue weighted by Crippen LogP contribution is 2.40. The van der Waals surface area contributed by atoms with Crippen LogP contribution in [-0.2, 0) is 22.3 Å². The standard InChI is InChI=1S/C19H19ClF3N3O3S2/c1-5-29-17(27)14-16(25-7-6-24-14)30-15-11(10-26-31(28)18(2,3)4)8-12(9-13(15)20)19(21,22)23/h6-10H,5H2,1-4H3. The molecule has 0 radical (unpaired) electrons. The number of nitrogens with zero attached hydrogens (tertiary/aromatic N) is 3. The Morgan fingerprint density at radius 3 is 2.52 bits per heavy atom. The second kappa shape index (κ2) is 10.2. The fourth-order valence-electron chi connectivity index (χ4n) is 2.08. The van der Waals surface area contributed by atoms with E-state index in [0.717, 1.165) is 30.1 Å². The number of halogens is 4. The van der Waals surface area contributed by atoms with E-state index in [-0.39, 0.29) is 32.8 Å². The molecule has 0 aliphatic rings. The van der Waals surface area contributed by atoms with Crippen LogP contribution in [0, 0.1) is 0 Å². The molecule has 1 heterocycles. The molecule has 2 rings (SSSR count). The van der Waals surface area contributed by atoms with Crippen molar-refractivity contribution in [3.05, 3.63) is 46.4 Å². The third-order valence-electron chi connectivity index (χ3n) is 3.54. The van der Waals surface area contributed by atoms with Crippen molar-refractivity contribution in [3.63, 3.8) is 0 Å². The number of aromatic nitrogens is 2. The monoisotopic (exact) mass is 493 g/mol. The van der Waals surface area contributed by atoms with E-state index < -0.39 is 33.8 Å². The zero-order valence-corrected chi connectivity index (χ0v) is 19.4. The summed E-state index contributed by atoms with van der Waals surface area (Å²) >= 11 is 5.29. The number of ether oxygens (including phenoxy) is 1. The molecular weight excluding hydrogens is 475 g/mol. The Morgan fingerprint density at radius 1 is 1.29 bits per heavy atom. The third kappa shape index (κ3) is 6.83. The number of esters is 1. The molecule has 12 heteroatoms. The van der Waals surface area contributed by atoms with Gasteiger partial charge in [0.15, 0.2) is 5.69 Å². The fourth-order valence-corrected chi connectivity index (χ4v) is 3.87. The Kier molecular flexibility index (Phi) is 8.37. The Balaban J connectivity index is 2.57. The van der Waals surface area contributed by atoms with Gasteiger partial charge >= 0.3 is 12.1 Å². The highest BCUT2D eigenvalue weighted by Gasteiger charge is 2.33. The zero-order chi connectivity index (χ0) is 23.4. The van der Waals surface area contributed by atoms with Crippen LogP contribution in [0.5, 0.6) is 0 Å². The molecule has 0 saturated heterocycles. The van der Waals surface area contributed by atoms with Crippen molar-refractivity contribution in [2.45, 2.75) is 48.5 Å². The molecule has 1 aromatic carbocycles. The highest BCUT2D eigenvalue weighted by molar-refractivity contribution is 7.99. The van der Waals surface area contributed by atoms with Crippen molar-refractivity contribution >= 4 is 46.9 Å². The summed E-state index contributed by atoms with van der Waals surface area (Å²) in [5.74, 6) is -0.731. The number of hydrogen-bond acceptors (Lipinski definition) is 7. The van der Waals surface area contributed by atoms with E-state index in [1.165, 1.54) is 12.4 Å². The molecule has 0 amide bonds. The maximum absolute atomic E-state index is 13.3. The van der Waals surface area contributed by atoms with E-state index in [4.69, 9.17) is 16.3 Å². The van der Waals surface area contributed by atoms with Crippen molar-refractivity contribution in [1.29, 1.82) is 0 Å². The molecule has 0 bridgehead atoms. The maximum atomic E-state index is 13.3. The van der Waals surface area contributed by atoms with Crippen molar-refractivity contribution < 1.29 is 27.3 Å². The Labute approximate surface area is 190 Å². The molecule has 0 spiro atoms. The quantitative estimate of drug-likeness (QED) is 0.306. The van der Waals surface area contributed by atoms with Gasteiger partial charge in [-0.2, -0.15) is 13.2 Å². The van der Waals surface area contributed by atoms with E-state index >= 15 is 0 Å². The topological polar surface area (TPSA) is 87.5 Å². The summed E-state index contributed by atoms with van der Waals surface area (Å²) in [6, 6.07) is 1.61. The van der Waals surface area contributed by atoms with Gasteiger partial charge in [-0.1, -0.05) is 27.8 Å². The number of carbonyl (C=O) groups excluding carboxylic acids is 1. The highest BCUT2D eigenvalue weighted by atomic mass is 35.5. The van der Waals surface area contributed by atoms with Crippen LogP contribution in [0.1, 0.15) is 49.3 Å². The number of hydrogen-bond donors (Lipinski definition) is 0. The Hall–Kier alpha value is -1.82. The van der Waals surface area contributed by atoms with Gasteiger partial charge in [-0.25, -0.2) is 14.8 Å². The van der Waals surface area contributed by atoms with Crippen molar-refractivity contribution in [2.24, 2.45) is 4.40 Å². The van der Waals surface area contributed by atoms with Crippen LogP contribution in [0.2, 0.25) is 5.02 Å². The van der Waals surface area contributed by atoms with E-state index in [1.807, 2.05) is 0 Å². The first-order valence-corrected chi connectivity index (χ1v) is 11.2. The average Bonchev–Trinajstić information content (AvgIpc) is 2.66. The smallest absolute Gasteiger partial charge is 0.416 e. The molecule has 1 aromatic heterocycles. The fraction of sp³-hybridized carbons (Fsp3) is 0.368. The first-order valence-electron chi connectivity index (χ1n) is 8.87. The normalized spacial score (nSPS) is 13.5. The van der Waals surface area contributed by atoms with Crippen LogP contribution in [0.3, 0.4) is 0 Å². The molecule has 6 nitrogen and oxygen atoms in total. The van der Waals surface area contributed by atoms with Crippen LogP contribution in [0.15, 0.2) is 38.8 Å². The third-order valence-corrected chi connectivity index (χ3v) is 6.45. The van der Waals surface area contributed by atoms with Gasteiger partial charge in [0.1, 0.15) is 21.1 Å². The molecule has 168 valence electrons. The summed E-state index contributed by atoms with van der Waals surface area (Å²) in [7, 11) is 0. The molecular formula is C19H19ClF3N3O3S2. The van der Waals surface area contributed by atoms with Crippen LogP contribution < -0.4 is 0 Å². The minimum Gasteiger partial charge on any atom is -0.591 e. The lowest BCUT2D eigenvalue weighted by Crippen LogP contribution is -2.25. The summed E-state index contributed by atoms with van der Waals surface area (Å²) < 4.78 is 60.3. The SMILES string of the molecule is CCOC(=O)c1nccnc1Sc1c(Cl)cc(C(F)(F)F)cc1C=N[S+]([O-])C(C)(C)C. The molecule has 1 atom stereocenters. The largest absolute Gasteiger partial charge is 0.591 e. The molecule has 0 N–H and O–H groups in total. The van der Waals surface area contributed by atoms with Crippen molar-refractivity contribution in [2.75, 3.05) is 6.61 Å².